The van der Waals surface area contributed by atoms with Crippen molar-refractivity contribution in [2.24, 2.45) is 0 Å². The fourth-order valence-electron chi connectivity index (χ4n) is 2.50. The molecular formula is C14H13F3N2O4S. The smallest absolute Gasteiger partial charge is 0.412 e. The van der Waals surface area contributed by atoms with Crippen molar-refractivity contribution < 1.29 is 31.1 Å². The molecule has 2 aliphatic rings. The topological polar surface area (TPSA) is 75.7 Å². The molecule has 0 unspecified atom stereocenters. The SMILES string of the molecule is O=C1COc2ccc(S(=O)(=O)N3CC=C(C(F)(F)F)CC3)cc2N1. The molecule has 0 bridgehead atoms. The molecule has 1 aromatic carbocycles. The number of ether oxygens (including phenoxy) is 1. The highest BCUT2D eigenvalue weighted by molar-refractivity contribution is 7.89. The van der Waals surface area contributed by atoms with Gasteiger partial charge >= 0.3 is 6.18 Å². The number of nitrogens with zero attached hydrogens (tertiary/aromatic N) is 1. The molecule has 6 nitrogen and oxygen atoms in total. The summed E-state index contributed by atoms with van der Waals surface area (Å²) in [5.74, 6) is -0.0702. The molecule has 0 aromatic heterocycles. The van der Waals surface area contributed by atoms with Crippen LogP contribution in [0.4, 0.5) is 18.9 Å². The number of anilines is 1. The molecule has 3 rings (SSSR count). The van der Waals surface area contributed by atoms with Crippen LogP contribution in [0.1, 0.15) is 6.42 Å². The first-order valence-corrected chi connectivity index (χ1v) is 8.45. The number of rotatable bonds is 2. The lowest BCUT2D eigenvalue weighted by Crippen LogP contribution is -2.37. The van der Waals surface area contributed by atoms with Crippen LogP contribution in [0, 0.1) is 0 Å². The fraction of sp³-hybridized carbons (Fsp3) is 0.357. The molecular weight excluding hydrogens is 349 g/mol. The van der Waals surface area contributed by atoms with E-state index in [1.807, 2.05) is 0 Å². The van der Waals surface area contributed by atoms with Gasteiger partial charge in [-0.15, -0.1) is 0 Å². The third-order valence-corrected chi connectivity index (χ3v) is 5.62. The molecule has 1 N–H and O–H groups in total. The maximum absolute atomic E-state index is 12.6. The molecule has 2 heterocycles. The average molecular weight is 362 g/mol. The first-order valence-electron chi connectivity index (χ1n) is 7.01. The number of amides is 1. The standard InChI is InChI=1S/C14H13F3N2O4S/c15-14(16,17)9-3-5-19(6-4-9)24(21,22)10-1-2-12-11(7-10)18-13(20)8-23-12/h1-3,7H,4-6,8H2,(H,18,20). The zero-order chi connectivity index (χ0) is 17.5. The summed E-state index contributed by atoms with van der Waals surface area (Å²) >= 11 is 0. The third-order valence-electron chi connectivity index (χ3n) is 3.76. The van der Waals surface area contributed by atoms with Gasteiger partial charge in [-0.2, -0.15) is 17.5 Å². The van der Waals surface area contributed by atoms with Gasteiger partial charge in [-0.3, -0.25) is 4.79 Å². The van der Waals surface area contributed by atoms with E-state index in [4.69, 9.17) is 4.74 Å². The van der Waals surface area contributed by atoms with Crippen LogP contribution in [0.3, 0.4) is 0 Å². The van der Waals surface area contributed by atoms with Gasteiger partial charge in [0.25, 0.3) is 5.91 Å². The molecule has 0 atom stereocenters. The number of fused-ring (bicyclic) bond motifs is 1. The van der Waals surface area contributed by atoms with Gasteiger partial charge in [-0.25, -0.2) is 8.42 Å². The molecule has 10 heteroatoms. The number of alkyl halides is 3. The van der Waals surface area contributed by atoms with Crippen molar-refractivity contribution in [3.63, 3.8) is 0 Å². The number of carbonyl (C=O) groups excluding carboxylic acids is 1. The van der Waals surface area contributed by atoms with Crippen LogP contribution in [-0.2, 0) is 14.8 Å². The van der Waals surface area contributed by atoms with Gasteiger partial charge in [0.1, 0.15) is 5.75 Å². The maximum Gasteiger partial charge on any atom is 0.412 e. The Morgan fingerprint density at radius 3 is 2.62 bits per heavy atom. The Morgan fingerprint density at radius 2 is 2.00 bits per heavy atom. The summed E-state index contributed by atoms with van der Waals surface area (Å²) in [6, 6.07) is 3.95. The van der Waals surface area contributed by atoms with Crippen LogP contribution in [-0.4, -0.2) is 44.5 Å². The number of hydrogen-bond acceptors (Lipinski definition) is 4. The number of nitrogens with one attached hydrogen (secondary N) is 1. The Hall–Kier alpha value is -2.07. The Morgan fingerprint density at radius 1 is 1.25 bits per heavy atom. The summed E-state index contributed by atoms with van der Waals surface area (Å²) in [6.07, 6.45) is -3.96. The van der Waals surface area contributed by atoms with E-state index in [0.717, 1.165) is 10.4 Å². The van der Waals surface area contributed by atoms with Gasteiger partial charge in [-0.05, 0) is 24.6 Å². The summed E-state index contributed by atoms with van der Waals surface area (Å²) in [4.78, 5) is 11.2. The van der Waals surface area contributed by atoms with Gasteiger partial charge in [0.15, 0.2) is 6.61 Å². The predicted molar refractivity (Wildman–Crippen MR) is 78.1 cm³/mol. The van der Waals surface area contributed by atoms with Crippen LogP contribution in [0.5, 0.6) is 5.75 Å². The summed E-state index contributed by atoms with van der Waals surface area (Å²) in [6.45, 7) is -0.763. The number of hydrogen-bond donors (Lipinski definition) is 1. The highest BCUT2D eigenvalue weighted by atomic mass is 32.2. The zero-order valence-corrected chi connectivity index (χ0v) is 13.1. The molecule has 0 radical (unpaired) electrons. The number of benzene rings is 1. The lowest BCUT2D eigenvalue weighted by atomic mass is 10.1. The van der Waals surface area contributed by atoms with Crippen molar-refractivity contribution in [2.75, 3.05) is 25.0 Å². The maximum atomic E-state index is 12.6. The summed E-state index contributed by atoms with van der Waals surface area (Å²) in [5.41, 5.74) is -0.504. The van der Waals surface area contributed by atoms with Crippen LogP contribution < -0.4 is 10.1 Å². The predicted octanol–water partition coefficient (Wildman–Crippen LogP) is 1.90. The molecule has 1 aromatic rings. The summed E-state index contributed by atoms with van der Waals surface area (Å²) in [7, 11) is -3.97. The van der Waals surface area contributed by atoms with Crippen LogP contribution >= 0.6 is 0 Å². The van der Waals surface area contributed by atoms with Crippen molar-refractivity contribution in [3.8, 4) is 5.75 Å². The Labute approximate surface area is 135 Å². The van der Waals surface area contributed by atoms with Crippen LogP contribution in [0.2, 0.25) is 0 Å². The number of carbonyl (C=O) groups is 1. The highest BCUT2D eigenvalue weighted by Gasteiger charge is 2.37. The highest BCUT2D eigenvalue weighted by Crippen LogP contribution is 2.34. The Balaban J connectivity index is 1.86. The minimum atomic E-state index is -4.44. The molecule has 0 saturated heterocycles. The van der Waals surface area contributed by atoms with Crippen molar-refractivity contribution in [3.05, 3.63) is 29.8 Å². The lowest BCUT2D eigenvalue weighted by Gasteiger charge is -2.27. The van der Waals surface area contributed by atoms with Crippen LogP contribution in [0.25, 0.3) is 0 Å². The average Bonchev–Trinajstić information content (AvgIpc) is 2.53. The molecule has 0 saturated carbocycles. The Kier molecular flexibility index (Phi) is 4.04. The molecule has 130 valence electrons. The third kappa shape index (κ3) is 3.11. The van der Waals surface area contributed by atoms with Crippen molar-refractivity contribution >= 4 is 21.6 Å². The van der Waals surface area contributed by atoms with Crippen molar-refractivity contribution in [1.82, 2.24) is 4.31 Å². The van der Waals surface area contributed by atoms with E-state index in [0.29, 0.717) is 5.75 Å². The van der Waals surface area contributed by atoms with E-state index in [2.05, 4.69) is 5.32 Å². The molecule has 0 fully saturated rings. The molecule has 0 spiro atoms. The molecule has 24 heavy (non-hydrogen) atoms. The quantitative estimate of drug-likeness (QED) is 0.816. The second-order valence-corrected chi connectivity index (χ2v) is 7.27. The van der Waals surface area contributed by atoms with Crippen molar-refractivity contribution in [2.45, 2.75) is 17.5 Å². The monoisotopic (exact) mass is 362 g/mol. The van der Waals surface area contributed by atoms with E-state index in [9.17, 15) is 26.4 Å². The molecule has 1 amide bonds. The lowest BCUT2D eigenvalue weighted by molar-refractivity contribution is -0.118. The summed E-state index contributed by atoms with van der Waals surface area (Å²) in [5, 5.41) is 2.49. The van der Waals surface area contributed by atoms with E-state index >= 15 is 0 Å². The van der Waals surface area contributed by atoms with Gasteiger partial charge in [0.2, 0.25) is 10.0 Å². The second kappa shape index (κ2) is 5.78. The zero-order valence-electron chi connectivity index (χ0n) is 12.3. The normalized spacial score (nSPS) is 19.1. The first kappa shape index (κ1) is 16.8. The van der Waals surface area contributed by atoms with Gasteiger partial charge in [-0.1, -0.05) is 6.08 Å². The van der Waals surface area contributed by atoms with Gasteiger partial charge in [0, 0.05) is 18.7 Å². The Bertz CT molecular complexity index is 818. The van der Waals surface area contributed by atoms with E-state index < -0.39 is 34.1 Å². The van der Waals surface area contributed by atoms with Gasteiger partial charge < -0.3 is 10.1 Å². The molecule has 0 aliphatic carbocycles. The number of sulfonamides is 1. The van der Waals surface area contributed by atoms with E-state index in [-0.39, 0.29) is 30.3 Å². The number of halogens is 3. The fourth-order valence-corrected chi connectivity index (χ4v) is 3.91. The van der Waals surface area contributed by atoms with E-state index in [1.54, 1.807) is 0 Å². The summed E-state index contributed by atoms with van der Waals surface area (Å²) < 4.78 is 69.1. The first-order chi connectivity index (χ1) is 11.2. The largest absolute Gasteiger partial charge is 0.482 e. The van der Waals surface area contributed by atoms with Crippen molar-refractivity contribution in [1.29, 1.82) is 0 Å². The minimum absolute atomic E-state index is 0.115. The van der Waals surface area contributed by atoms with Gasteiger partial charge in [0.05, 0.1) is 10.6 Å². The second-order valence-electron chi connectivity index (χ2n) is 5.33. The van der Waals surface area contributed by atoms with Crippen LogP contribution in [0.15, 0.2) is 34.7 Å². The molecule has 2 aliphatic heterocycles. The minimum Gasteiger partial charge on any atom is -0.482 e. The van der Waals surface area contributed by atoms with E-state index in [1.165, 1.54) is 18.2 Å².